The average molecular weight is 273 g/mol. The van der Waals surface area contributed by atoms with Gasteiger partial charge in [0.25, 0.3) is 0 Å². The standard InChI is InChI=1S/C11H12FNO2S.CH4O/c12-9-3-5-11(6-4-9)16(15)13-7-1-2-10(13)8-14;1-2/h3-6,8,10H,1-2,7H2;2H,1H3. The Labute approximate surface area is 108 Å². The van der Waals surface area contributed by atoms with Crippen LogP contribution in [0.15, 0.2) is 29.2 Å². The van der Waals surface area contributed by atoms with Gasteiger partial charge < -0.3 is 9.90 Å². The Hall–Kier alpha value is -1.11. The fourth-order valence-corrected chi connectivity index (χ4v) is 3.13. The number of rotatable bonds is 3. The van der Waals surface area contributed by atoms with E-state index in [1.54, 1.807) is 4.31 Å². The Kier molecular flexibility index (Phi) is 6.11. The van der Waals surface area contributed by atoms with Crippen LogP contribution in [0.1, 0.15) is 12.8 Å². The number of hydrogen-bond acceptors (Lipinski definition) is 3. The molecule has 1 aliphatic heterocycles. The molecule has 2 rings (SSSR count). The topological polar surface area (TPSA) is 57.6 Å². The molecular formula is C12H16FNO3S. The van der Waals surface area contributed by atoms with E-state index in [4.69, 9.17) is 5.11 Å². The van der Waals surface area contributed by atoms with Gasteiger partial charge >= 0.3 is 0 Å². The van der Waals surface area contributed by atoms with Gasteiger partial charge in [-0.3, -0.25) is 0 Å². The molecule has 1 saturated heterocycles. The van der Waals surface area contributed by atoms with Gasteiger partial charge in [-0.15, -0.1) is 0 Å². The molecule has 1 heterocycles. The lowest BCUT2D eigenvalue weighted by Crippen LogP contribution is -2.32. The van der Waals surface area contributed by atoms with Crippen LogP contribution in [0.25, 0.3) is 0 Å². The largest absolute Gasteiger partial charge is 0.400 e. The molecule has 0 bridgehead atoms. The number of halogens is 1. The summed E-state index contributed by atoms with van der Waals surface area (Å²) >= 11 is 0. The Bertz CT molecular complexity index is 410. The van der Waals surface area contributed by atoms with Gasteiger partial charge in [-0.25, -0.2) is 12.9 Å². The third kappa shape index (κ3) is 3.44. The van der Waals surface area contributed by atoms with E-state index in [9.17, 15) is 13.4 Å². The summed E-state index contributed by atoms with van der Waals surface area (Å²) in [5.41, 5.74) is 0. The molecule has 0 spiro atoms. The smallest absolute Gasteiger partial charge is 0.138 e. The summed E-state index contributed by atoms with van der Waals surface area (Å²) in [5, 5.41) is 7.00. The van der Waals surface area contributed by atoms with Gasteiger partial charge in [0.15, 0.2) is 0 Å². The van der Waals surface area contributed by atoms with Crippen molar-refractivity contribution in [3.05, 3.63) is 30.1 Å². The molecule has 0 aliphatic carbocycles. The molecule has 100 valence electrons. The number of aliphatic hydroxyl groups excluding tert-OH is 1. The van der Waals surface area contributed by atoms with Crippen LogP contribution in [-0.4, -0.2) is 39.6 Å². The summed E-state index contributed by atoms with van der Waals surface area (Å²) in [5.74, 6) is -0.353. The van der Waals surface area contributed by atoms with E-state index in [0.717, 1.165) is 26.2 Å². The van der Waals surface area contributed by atoms with Crippen LogP contribution >= 0.6 is 0 Å². The predicted molar refractivity (Wildman–Crippen MR) is 66.7 cm³/mol. The van der Waals surface area contributed by atoms with Crippen LogP contribution in [0.3, 0.4) is 0 Å². The molecule has 1 fully saturated rings. The zero-order valence-electron chi connectivity index (χ0n) is 10.1. The van der Waals surface area contributed by atoms with Crippen molar-refractivity contribution in [2.24, 2.45) is 0 Å². The van der Waals surface area contributed by atoms with Gasteiger partial charge in [-0.2, -0.15) is 0 Å². The van der Waals surface area contributed by atoms with Gasteiger partial charge in [0.05, 0.1) is 10.9 Å². The third-order valence-corrected chi connectivity index (χ3v) is 4.19. The summed E-state index contributed by atoms with van der Waals surface area (Å²) in [6.07, 6.45) is 2.45. The van der Waals surface area contributed by atoms with E-state index in [-0.39, 0.29) is 11.9 Å². The first-order valence-electron chi connectivity index (χ1n) is 5.56. The normalized spacial score (nSPS) is 20.9. The van der Waals surface area contributed by atoms with E-state index in [2.05, 4.69) is 0 Å². The molecule has 0 saturated carbocycles. The van der Waals surface area contributed by atoms with Crippen molar-refractivity contribution in [3.63, 3.8) is 0 Å². The predicted octanol–water partition coefficient (Wildman–Crippen LogP) is 1.12. The Morgan fingerprint density at radius 1 is 1.39 bits per heavy atom. The zero-order chi connectivity index (χ0) is 13.5. The van der Waals surface area contributed by atoms with Gasteiger partial charge in [-0.05, 0) is 37.1 Å². The van der Waals surface area contributed by atoms with E-state index >= 15 is 0 Å². The number of hydrogen-bond donors (Lipinski definition) is 1. The molecular weight excluding hydrogens is 257 g/mol. The molecule has 2 unspecified atom stereocenters. The molecule has 6 heteroatoms. The Balaban J connectivity index is 0.000000771. The third-order valence-electron chi connectivity index (χ3n) is 2.63. The molecule has 2 atom stereocenters. The number of nitrogens with zero attached hydrogens (tertiary/aromatic N) is 1. The fourth-order valence-electron chi connectivity index (χ4n) is 1.79. The molecule has 1 aromatic carbocycles. The highest BCUT2D eigenvalue weighted by Gasteiger charge is 2.29. The molecule has 4 nitrogen and oxygen atoms in total. The molecule has 1 aromatic rings. The molecule has 1 aliphatic rings. The van der Waals surface area contributed by atoms with Gasteiger partial charge in [0.1, 0.15) is 23.1 Å². The first kappa shape index (κ1) is 14.9. The van der Waals surface area contributed by atoms with Crippen LogP contribution in [0.4, 0.5) is 4.39 Å². The molecule has 0 aromatic heterocycles. The van der Waals surface area contributed by atoms with Crippen LogP contribution < -0.4 is 0 Å². The van der Waals surface area contributed by atoms with E-state index in [1.807, 2.05) is 0 Å². The lowest BCUT2D eigenvalue weighted by molar-refractivity contribution is -0.110. The highest BCUT2D eigenvalue weighted by molar-refractivity contribution is 7.82. The number of aldehydes is 1. The van der Waals surface area contributed by atoms with Crippen molar-refractivity contribution in [1.82, 2.24) is 4.31 Å². The minimum Gasteiger partial charge on any atom is -0.400 e. The van der Waals surface area contributed by atoms with Gasteiger partial charge in [0, 0.05) is 13.7 Å². The summed E-state index contributed by atoms with van der Waals surface area (Å²) in [4.78, 5) is 11.3. The highest BCUT2D eigenvalue weighted by atomic mass is 32.2. The van der Waals surface area contributed by atoms with Crippen molar-refractivity contribution in [2.75, 3.05) is 13.7 Å². The van der Waals surface area contributed by atoms with Crippen LogP contribution in [-0.2, 0) is 15.8 Å². The van der Waals surface area contributed by atoms with E-state index in [1.165, 1.54) is 24.3 Å². The number of benzene rings is 1. The van der Waals surface area contributed by atoms with E-state index in [0.29, 0.717) is 11.4 Å². The van der Waals surface area contributed by atoms with Crippen LogP contribution in [0, 0.1) is 5.82 Å². The summed E-state index contributed by atoms with van der Waals surface area (Å²) in [6, 6.07) is 5.27. The Morgan fingerprint density at radius 3 is 2.56 bits per heavy atom. The molecule has 0 amide bonds. The van der Waals surface area contributed by atoms with Crippen molar-refractivity contribution in [1.29, 1.82) is 0 Å². The maximum atomic E-state index is 12.7. The summed E-state index contributed by atoms with van der Waals surface area (Å²) < 4.78 is 26.4. The molecule has 1 N–H and O–H groups in total. The maximum absolute atomic E-state index is 12.7. The number of carbonyl (C=O) groups excluding carboxylic acids is 1. The average Bonchev–Trinajstić information content (AvgIpc) is 2.89. The van der Waals surface area contributed by atoms with Crippen molar-refractivity contribution in [2.45, 2.75) is 23.8 Å². The first-order valence-corrected chi connectivity index (χ1v) is 6.67. The number of carbonyl (C=O) groups is 1. The highest BCUT2D eigenvalue weighted by Crippen LogP contribution is 2.21. The van der Waals surface area contributed by atoms with Gasteiger partial charge in [-0.1, -0.05) is 0 Å². The lowest BCUT2D eigenvalue weighted by Gasteiger charge is -2.18. The monoisotopic (exact) mass is 273 g/mol. The Morgan fingerprint density at radius 2 is 2.00 bits per heavy atom. The maximum Gasteiger partial charge on any atom is 0.138 e. The lowest BCUT2D eigenvalue weighted by atomic mass is 10.2. The SMILES string of the molecule is CO.O=CC1CCCN1S(=O)c1ccc(F)cc1. The van der Waals surface area contributed by atoms with Crippen LogP contribution in [0.5, 0.6) is 0 Å². The van der Waals surface area contributed by atoms with Gasteiger partial charge in [0.2, 0.25) is 0 Å². The number of aliphatic hydroxyl groups is 1. The van der Waals surface area contributed by atoms with E-state index < -0.39 is 11.0 Å². The van der Waals surface area contributed by atoms with Crippen molar-refractivity contribution in [3.8, 4) is 0 Å². The minimum absolute atomic E-state index is 0.272. The van der Waals surface area contributed by atoms with Crippen LogP contribution in [0.2, 0.25) is 0 Å². The second kappa shape index (κ2) is 7.35. The van der Waals surface area contributed by atoms with Crippen molar-refractivity contribution < 1.29 is 18.5 Å². The fraction of sp³-hybridized carbons (Fsp3) is 0.417. The minimum atomic E-state index is -1.36. The summed E-state index contributed by atoms with van der Waals surface area (Å²) in [7, 11) is -0.362. The zero-order valence-corrected chi connectivity index (χ0v) is 10.9. The second-order valence-electron chi connectivity index (χ2n) is 3.69. The van der Waals surface area contributed by atoms with Crippen molar-refractivity contribution >= 4 is 17.3 Å². The quantitative estimate of drug-likeness (QED) is 0.840. The second-order valence-corrected chi connectivity index (χ2v) is 5.13. The molecule has 18 heavy (non-hydrogen) atoms. The summed E-state index contributed by atoms with van der Waals surface area (Å²) in [6.45, 7) is 0.646. The molecule has 0 radical (unpaired) electrons. The first-order chi connectivity index (χ1) is 8.72.